The Labute approximate surface area is 157 Å². The molecule has 1 saturated heterocycles. The molecule has 5 nitrogen and oxygen atoms in total. The largest absolute Gasteiger partial charge is 0.494 e. The Bertz CT molecular complexity index is 670. The van der Waals surface area contributed by atoms with Gasteiger partial charge in [0.05, 0.1) is 18.1 Å². The number of carbonyl (C=O) groups excluding carboxylic acids is 2. The Hall–Kier alpha value is -1.86. The van der Waals surface area contributed by atoms with Gasteiger partial charge in [-0.2, -0.15) is 0 Å². The van der Waals surface area contributed by atoms with Crippen LogP contribution < -0.4 is 4.74 Å². The van der Waals surface area contributed by atoms with Gasteiger partial charge < -0.3 is 9.47 Å². The molecule has 2 rings (SSSR count). The Morgan fingerprint density at radius 2 is 1.96 bits per heavy atom. The predicted octanol–water partition coefficient (Wildman–Crippen LogP) is 3.63. The lowest BCUT2D eigenvalue weighted by atomic mass is 10.2. The molecule has 7 heteroatoms. The molecule has 1 aliphatic rings. The molecule has 1 amide bonds. The second-order valence-corrected chi connectivity index (χ2v) is 6.92. The molecule has 0 bridgehead atoms. The first-order chi connectivity index (χ1) is 12.0. The highest BCUT2D eigenvalue weighted by atomic mass is 32.2. The minimum atomic E-state index is -0.252. The molecule has 0 unspecified atom stereocenters. The van der Waals surface area contributed by atoms with Crippen LogP contribution in [0.3, 0.4) is 0 Å². The van der Waals surface area contributed by atoms with Crippen LogP contribution in [0.15, 0.2) is 29.2 Å². The van der Waals surface area contributed by atoms with Crippen molar-refractivity contribution in [3.8, 4) is 5.75 Å². The summed E-state index contributed by atoms with van der Waals surface area (Å²) in [6.07, 6.45) is 2.63. The van der Waals surface area contributed by atoms with E-state index in [1.54, 1.807) is 11.8 Å². The van der Waals surface area contributed by atoms with Crippen molar-refractivity contribution in [3.05, 3.63) is 34.7 Å². The smallest absolute Gasteiger partial charge is 0.305 e. The van der Waals surface area contributed by atoms with Crippen LogP contribution in [0.2, 0.25) is 0 Å². The molecule has 1 fully saturated rings. The number of nitrogens with zero attached hydrogens (tertiary/aromatic N) is 1. The molecule has 134 valence electrons. The van der Waals surface area contributed by atoms with Gasteiger partial charge in [0.15, 0.2) is 0 Å². The molecular weight excluding hydrogens is 358 g/mol. The normalized spacial score (nSPS) is 15.8. The number of hydrogen-bond acceptors (Lipinski definition) is 6. The van der Waals surface area contributed by atoms with Gasteiger partial charge >= 0.3 is 5.97 Å². The van der Waals surface area contributed by atoms with Gasteiger partial charge in [-0.1, -0.05) is 36.1 Å². The topological polar surface area (TPSA) is 55.8 Å². The van der Waals surface area contributed by atoms with E-state index in [0.29, 0.717) is 35.4 Å². The van der Waals surface area contributed by atoms with E-state index in [0.717, 1.165) is 11.3 Å². The number of thiocarbonyl (C=S) groups is 1. The lowest BCUT2D eigenvalue weighted by Gasteiger charge is -2.13. The third-order valence-electron chi connectivity index (χ3n) is 3.43. The van der Waals surface area contributed by atoms with E-state index >= 15 is 0 Å². The van der Waals surface area contributed by atoms with Crippen LogP contribution in [0.25, 0.3) is 6.08 Å². The summed E-state index contributed by atoms with van der Waals surface area (Å²) in [5.74, 6) is 0.428. The third kappa shape index (κ3) is 5.57. The van der Waals surface area contributed by atoms with Gasteiger partial charge in [-0.05, 0) is 44.0 Å². The van der Waals surface area contributed by atoms with Crippen LogP contribution in [0.4, 0.5) is 0 Å². The number of esters is 1. The second-order valence-electron chi connectivity index (χ2n) is 5.24. The fraction of sp³-hybridized carbons (Fsp3) is 0.389. The molecule has 1 aliphatic heterocycles. The molecule has 0 aliphatic carbocycles. The van der Waals surface area contributed by atoms with Crippen molar-refractivity contribution in [2.75, 3.05) is 19.8 Å². The quantitative estimate of drug-likeness (QED) is 0.391. The van der Waals surface area contributed by atoms with Crippen molar-refractivity contribution in [2.45, 2.75) is 26.7 Å². The van der Waals surface area contributed by atoms with Gasteiger partial charge in [-0.25, -0.2) is 0 Å². The minimum Gasteiger partial charge on any atom is -0.494 e. The first-order valence-electron chi connectivity index (χ1n) is 8.19. The highest BCUT2D eigenvalue weighted by Gasteiger charge is 2.31. The summed E-state index contributed by atoms with van der Waals surface area (Å²) < 4.78 is 10.8. The Kier molecular flexibility index (Phi) is 7.46. The molecule has 0 aromatic heterocycles. The Morgan fingerprint density at radius 1 is 1.24 bits per heavy atom. The van der Waals surface area contributed by atoms with Gasteiger partial charge in [-0.3, -0.25) is 14.5 Å². The average Bonchev–Trinajstić information content (AvgIpc) is 2.84. The van der Waals surface area contributed by atoms with Crippen molar-refractivity contribution in [1.82, 2.24) is 4.90 Å². The molecule has 0 saturated carbocycles. The number of thioether (sulfide) groups is 1. The molecule has 1 aromatic rings. The van der Waals surface area contributed by atoms with Gasteiger partial charge in [0.25, 0.3) is 5.91 Å². The van der Waals surface area contributed by atoms with E-state index in [1.807, 2.05) is 37.3 Å². The number of amides is 1. The summed E-state index contributed by atoms with van der Waals surface area (Å²) >= 11 is 6.57. The third-order valence-corrected chi connectivity index (χ3v) is 4.81. The highest BCUT2D eigenvalue weighted by molar-refractivity contribution is 8.26. The molecular formula is C18H21NO4S2. The number of carbonyl (C=O) groups is 2. The summed E-state index contributed by atoms with van der Waals surface area (Å²) in [5, 5.41) is 0. The molecule has 1 aromatic carbocycles. The van der Waals surface area contributed by atoms with Crippen LogP contribution in [0, 0.1) is 0 Å². The van der Waals surface area contributed by atoms with Gasteiger partial charge in [0, 0.05) is 13.0 Å². The summed E-state index contributed by atoms with van der Waals surface area (Å²) in [6.45, 7) is 5.10. The maximum Gasteiger partial charge on any atom is 0.305 e. The number of benzene rings is 1. The van der Waals surface area contributed by atoms with Crippen LogP contribution in [-0.4, -0.2) is 40.9 Å². The number of rotatable bonds is 8. The maximum absolute atomic E-state index is 12.5. The van der Waals surface area contributed by atoms with Crippen LogP contribution in [0.5, 0.6) is 5.75 Å². The van der Waals surface area contributed by atoms with Crippen LogP contribution in [0.1, 0.15) is 32.3 Å². The van der Waals surface area contributed by atoms with E-state index in [2.05, 4.69) is 0 Å². The van der Waals surface area contributed by atoms with Gasteiger partial charge in [0.1, 0.15) is 10.1 Å². The van der Waals surface area contributed by atoms with E-state index in [9.17, 15) is 9.59 Å². The van der Waals surface area contributed by atoms with Crippen molar-refractivity contribution in [3.63, 3.8) is 0 Å². The monoisotopic (exact) mass is 379 g/mol. The lowest BCUT2D eigenvalue weighted by molar-refractivity contribution is -0.143. The van der Waals surface area contributed by atoms with Gasteiger partial charge in [-0.15, -0.1) is 0 Å². The standard InChI is InChI=1S/C18H21NO4S2/c1-3-22-14-9-7-13(8-10-14)12-15-17(21)19(18(24)25-15)11-5-6-16(20)23-4-2/h7-10,12H,3-6,11H2,1-2H3/b15-12-. The summed E-state index contributed by atoms with van der Waals surface area (Å²) in [5.41, 5.74) is 0.912. The summed E-state index contributed by atoms with van der Waals surface area (Å²) in [7, 11) is 0. The zero-order valence-electron chi connectivity index (χ0n) is 14.3. The van der Waals surface area contributed by atoms with Crippen LogP contribution in [-0.2, 0) is 14.3 Å². The van der Waals surface area contributed by atoms with E-state index in [-0.39, 0.29) is 18.3 Å². The maximum atomic E-state index is 12.5. The average molecular weight is 380 g/mol. The highest BCUT2D eigenvalue weighted by Crippen LogP contribution is 2.32. The Balaban J connectivity index is 1.96. The Morgan fingerprint density at radius 3 is 2.60 bits per heavy atom. The zero-order valence-corrected chi connectivity index (χ0v) is 16.0. The van der Waals surface area contributed by atoms with Crippen molar-refractivity contribution < 1.29 is 19.1 Å². The second kappa shape index (κ2) is 9.58. The molecule has 0 N–H and O–H groups in total. The van der Waals surface area contributed by atoms with Crippen molar-refractivity contribution in [2.24, 2.45) is 0 Å². The molecule has 0 atom stereocenters. The molecule has 25 heavy (non-hydrogen) atoms. The zero-order chi connectivity index (χ0) is 18.2. The van der Waals surface area contributed by atoms with Gasteiger partial charge in [0.2, 0.25) is 0 Å². The predicted molar refractivity (Wildman–Crippen MR) is 103 cm³/mol. The number of ether oxygens (including phenoxy) is 2. The van der Waals surface area contributed by atoms with Crippen molar-refractivity contribution >= 4 is 46.3 Å². The fourth-order valence-corrected chi connectivity index (χ4v) is 3.59. The van der Waals surface area contributed by atoms with Crippen LogP contribution >= 0.6 is 24.0 Å². The first kappa shape index (κ1) is 19.5. The fourth-order valence-electron chi connectivity index (χ4n) is 2.29. The molecule has 0 spiro atoms. The minimum absolute atomic E-state index is 0.118. The molecule has 0 radical (unpaired) electrons. The first-order valence-corrected chi connectivity index (χ1v) is 9.41. The van der Waals surface area contributed by atoms with E-state index in [1.165, 1.54) is 11.8 Å². The SMILES string of the molecule is CCOC(=O)CCCN1C(=O)/C(=C/c2ccc(OCC)cc2)SC1=S. The number of hydrogen-bond donors (Lipinski definition) is 0. The summed E-state index contributed by atoms with van der Waals surface area (Å²) in [4.78, 5) is 26.0. The van der Waals surface area contributed by atoms with Crippen molar-refractivity contribution in [1.29, 1.82) is 0 Å². The summed E-state index contributed by atoms with van der Waals surface area (Å²) in [6, 6.07) is 7.54. The molecule has 1 heterocycles. The van der Waals surface area contributed by atoms with E-state index < -0.39 is 0 Å². The lowest BCUT2D eigenvalue weighted by Crippen LogP contribution is -2.29. The van der Waals surface area contributed by atoms with E-state index in [4.69, 9.17) is 21.7 Å².